The molecule has 0 saturated heterocycles. The maximum Gasteiger partial charge on any atom is 0.140 e. The van der Waals surface area contributed by atoms with Crippen LogP contribution in [-0.4, -0.2) is 9.48 Å². The Hall–Kier alpha value is -0.780. The third kappa shape index (κ3) is 1.70. The second-order valence-corrected chi connectivity index (χ2v) is 4.69. The topological polar surface area (TPSA) is 33.1 Å². The Morgan fingerprint density at radius 3 is 2.86 bits per heavy atom. The molecule has 0 fully saturated rings. The van der Waals surface area contributed by atoms with Crippen LogP contribution in [0.5, 0.6) is 0 Å². The van der Waals surface area contributed by atoms with Crippen molar-refractivity contribution in [1.29, 1.82) is 0 Å². The number of aryl methyl sites for hydroxylation is 1. The molecular weight excluding hydrogens is 221 g/mol. The highest BCUT2D eigenvalue weighted by Crippen LogP contribution is 2.30. The summed E-state index contributed by atoms with van der Waals surface area (Å²) in [4.78, 5) is 1.04. The van der Waals surface area contributed by atoms with Crippen molar-refractivity contribution in [2.45, 2.75) is 13.0 Å². The Balaban J connectivity index is 2.33. The van der Waals surface area contributed by atoms with E-state index in [4.69, 9.17) is 0 Å². The first-order valence-electron chi connectivity index (χ1n) is 4.02. The molecule has 0 aromatic carbocycles. The lowest BCUT2D eigenvalue weighted by Gasteiger charge is -2.04. The minimum atomic E-state index is -0.874. The lowest BCUT2D eigenvalue weighted by atomic mass is 10.2. The van der Waals surface area contributed by atoms with Crippen molar-refractivity contribution in [2.75, 3.05) is 0 Å². The van der Waals surface area contributed by atoms with Crippen molar-refractivity contribution in [1.82, 2.24) is 4.37 Å². The number of aliphatic hydroxyl groups excluding tert-OH is 1. The molecule has 0 aliphatic heterocycles. The fraction of sp³-hybridized carbons (Fsp3) is 0.222. The molecular formula is C9H8FNOS2. The standard InChI is InChI=1S/C9H8FNOS2/c1-5-4-7(14-11-5)8(12)9-6(10)2-3-13-9/h2-4,8,12H,1H3. The van der Waals surface area contributed by atoms with Crippen LogP contribution in [0.4, 0.5) is 4.39 Å². The largest absolute Gasteiger partial charge is 0.382 e. The Kier molecular flexibility index (Phi) is 2.62. The summed E-state index contributed by atoms with van der Waals surface area (Å²) in [5, 5.41) is 11.4. The summed E-state index contributed by atoms with van der Waals surface area (Å²) in [7, 11) is 0. The molecule has 0 aliphatic carbocycles. The molecule has 1 N–H and O–H groups in total. The van der Waals surface area contributed by atoms with E-state index in [-0.39, 0.29) is 5.82 Å². The van der Waals surface area contributed by atoms with Crippen LogP contribution in [0.15, 0.2) is 17.5 Å². The van der Waals surface area contributed by atoms with E-state index in [1.54, 1.807) is 11.4 Å². The van der Waals surface area contributed by atoms with Gasteiger partial charge in [0.25, 0.3) is 0 Å². The van der Waals surface area contributed by atoms with Crippen LogP contribution in [0, 0.1) is 12.7 Å². The van der Waals surface area contributed by atoms with E-state index in [2.05, 4.69) is 4.37 Å². The van der Waals surface area contributed by atoms with Crippen molar-refractivity contribution in [3.05, 3.63) is 38.8 Å². The monoisotopic (exact) mass is 229 g/mol. The Bertz CT molecular complexity index is 437. The molecule has 5 heteroatoms. The Morgan fingerprint density at radius 1 is 1.57 bits per heavy atom. The minimum absolute atomic E-state index is 0.353. The molecule has 0 aliphatic rings. The molecule has 1 unspecified atom stereocenters. The van der Waals surface area contributed by atoms with E-state index >= 15 is 0 Å². The van der Waals surface area contributed by atoms with Gasteiger partial charge < -0.3 is 5.11 Å². The molecule has 74 valence electrons. The van der Waals surface area contributed by atoms with Gasteiger partial charge in [0.1, 0.15) is 11.9 Å². The summed E-state index contributed by atoms with van der Waals surface area (Å²) in [6.07, 6.45) is -0.874. The van der Waals surface area contributed by atoms with Crippen LogP contribution >= 0.6 is 22.9 Å². The van der Waals surface area contributed by atoms with Gasteiger partial charge in [-0.2, -0.15) is 4.37 Å². The van der Waals surface area contributed by atoms with Crippen LogP contribution in [0.3, 0.4) is 0 Å². The molecule has 2 heterocycles. The molecule has 0 spiro atoms. The maximum absolute atomic E-state index is 13.1. The fourth-order valence-corrected chi connectivity index (χ4v) is 2.73. The zero-order chi connectivity index (χ0) is 10.1. The number of aliphatic hydroxyl groups is 1. The summed E-state index contributed by atoms with van der Waals surface area (Å²) in [6, 6.07) is 3.13. The van der Waals surface area contributed by atoms with Gasteiger partial charge in [-0.3, -0.25) is 0 Å². The molecule has 2 rings (SSSR count). The molecule has 0 bridgehead atoms. The van der Waals surface area contributed by atoms with Crippen molar-refractivity contribution < 1.29 is 9.50 Å². The SMILES string of the molecule is Cc1cc(C(O)c2sccc2F)sn1. The average molecular weight is 229 g/mol. The van der Waals surface area contributed by atoms with Crippen molar-refractivity contribution in [3.8, 4) is 0 Å². The van der Waals surface area contributed by atoms with E-state index in [1.165, 1.54) is 28.9 Å². The van der Waals surface area contributed by atoms with E-state index in [0.717, 1.165) is 5.69 Å². The number of rotatable bonds is 2. The lowest BCUT2D eigenvalue weighted by Crippen LogP contribution is -1.95. The molecule has 0 amide bonds. The third-order valence-electron chi connectivity index (χ3n) is 1.81. The maximum atomic E-state index is 13.1. The molecule has 2 nitrogen and oxygen atoms in total. The normalized spacial score (nSPS) is 13.1. The number of thiophene rings is 1. The minimum Gasteiger partial charge on any atom is -0.382 e. The van der Waals surface area contributed by atoms with E-state index in [9.17, 15) is 9.50 Å². The average Bonchev–Trinajstić information content (AvgIpc) is 2.73. The molecule has 0 saturated carbocycles. The fourth-order valence-electron chi connectivity index (χ4n) is 1.14. The van der Waals surface area contributed by atoms with E-state index in [0.29, 0.717) is 9.75 Å². The van der Waals surface area contributed by atoms with Gasteiger partial charge in [-0.1, -0.05) is 0 Å². The summed E-state index contributed by atoms with van der Waals surface area (Å²) in [5.41, 5.74) is 0.848. The Labute approximate surface area is 88.8 Å². The van der Waals surface area contributed by atoms with Crippen LogP contribution in [0.2, 0.25) is 0 Å². The molecule has 2 aromatic rings. The van der Waals surface area contributed by atoms with Gasteiger partial charge in [0.05, 0.1) is 15.4 Å². The predicted octanol–water partition coefficient (Wildman–Crippen LogP) is 2.73. The van der Waals surface area contributed by atoms with Gasteiger partial charge in [0, 0.05) is 0 Å². The van der Waals surface area contributed by atoms with Gasteiger partial charge in [-0.25, -0.2) is 4.39 Å². The summed E-state index contributed by atoms with van der Waals surface area (Å²) < 4.78 is 17.2. The van der Waals surface area contributed by atoms with Gasteiger partial charge in [-0.15, -0.1) is 11.3 Å². The number of hydrogen-bond acceptors (Lipinski definition) is 4. The second-order valence-electron chi connectivity index (χ2n) is 2.91. The first kappa shape index (κ1) is 9.76. The smallest absolute Gasteiger partial charge is 0.140 e. The number of aromatic nitrogens is 1. The first-order valence-corrected chi connectivity index (χ1v) is 5.68. The van der Waals surface area contributed by atoms with Gasteiger partial charge in [0.15, 0.2) is 0 Å². The first-order chi connectivity index (χ1) is 6.68. The van der Waals surface area contributed by atoms with Gasteiger partial charge in [0.2, 0.25) is 0 Å². The van der Waals surface area contributed by atoms with Crippen molar-refractivity contribution in [3.63, 3.8) is 0 Å². The van der Waals surface area contributed by atoms with E-state index in [1.807, 2.05) is 6.92 Å². The van der Waals surface area contributed by atoms with Crippen LogP contribution in [0.25, 0.3) is 0 Å². The quantitative estimate of drug-likeness (QED) is 0.859. The number of nitrogens with zero attached hydrogens (tertiary/aromatic N) is 1. The number of halogens is 1. The molecule has 1 atom stereocenters. The van der Waals surface area contributed by atoms with Crippen LogP contribution in [0.1, 0.15) is 21.6 Å². The summed E-state index contributed by atoms with van der Waals surface area (Å²) in [6.45, 7) is 1.84. The Morgan fingerprint density at radius 2 is 2.36 bits per heavy atom. The zero-order valence-electron chi connectivity index (χ0n) is 7.40. The van der Waals surface area contributed by atoms with Crippen LogP contribution in [-0.2, 0) is 0 Å². The van der Waals surface area contributed by atoms with Gasteiger partial charge >= 0.3 is 0 Å². The van der Waals surface area contributed by atoms with Gasteiger partial charge in [-0.05, 0) is 36.0 Å². The van der Waals surface area contributed by atoms with Crippen molar-refractivity contribution in [2.24, 2.45) is 0 Å². The van der Waals surface area contributed by atoms with Crippen molar-refractivity contribution >= 4 is 22.9 Å². The third-order valence-corrected chi connectivity index (χ3v) is 3.68. The summed E-state index contributed by atoms with van der Waals surface area (Å²) in [5.74, 6) is -0.353. The zero-order valence-corrected chi connectivity index (χ0v) is 9.03. The summed E-state index contributed by atoms with van der Waals surface area (Å²) >= 11 is 2.42. The number of hydrogen-bond donors (Lipinski definition) is 1. The predicted molar refractivity (Wildman–Crippen MR) is 55.2 cm³/mol. The lowest BCUT2D eigenvalue weighted by molar-refractivity contribution is 0.223. The highest BCUT2D eigenvalue weighted by molar-refractivity contribution is 7.10. The highest BCUT2D eigenvalue weighted by atomic mass is 32.1. The molecule has 14 heavy (non-hydrogen) atoms. The molecule has 2 aromatic heterocycles. The van der Waals surface area contributed by atoms with E-state index < -0.39 is 6.10 Å². The molecule has 0 radical (unpaired) electrons. The van der Waals surface area contributed by atoms with Crippen LogP contribution < -0.4 is 0 Å². The highest BCUT2D eigenvalue weighted by Gasteiger charge is 2.18. The second kappa shape index (κ2) is 3.76.